The SMILES string of the molecule is CNc1cc(-c2c[nH]c(=O)c(NC3CCN(C(=O)/C=C/CN)C3)c2)ccn1. The number of aromatic amines is 1. The van der Waals surface area contributed by atoms with E-state index in [2.05, 4.69) is 20.6 Å². The van der Waals surface area contributed by atoms with Gasteiger partial charge in [-0.2, -0.15) is 0 Å². The van der Waals surface area contributed by atoms with Gasteiger partial charge in [0.15, 0.2) is 0 Å². The molecular formula is C19H24N6O2. The van der Waals surface area contributed by atoms with Crippen LogP contribution in [0.3, 0.4) is 0 Å². The van der Waals surface area contributed by atoms with Gasteiger partial charge in [0.25, 0.3) is 5.56 Å². The first-order chi connectivity index (χ1) is 13.1. The van der Waals surface area contributed by atoms with Crippen molar-refractivity contribution in [3.8, 4) is 11.1 Å². The summed E-state index contributed by atoms with van der Waals surface area (Å²) in [6.07, 6.45) is 7.33. The molecule has 142 valence electrons. The Hall–Kier alpha value is -3.13. The average Bonchev–Trinajstić information content (AvgIpc) is 3.16. The number of anilines is 2. The van der Waals surface area contributed by atoms with Crippen LogP contribution >= 0.6 is 0 Å². The Morgan fingerprint density at radius 3 is 3.07 bits per heavy atom. The second-order valence-corrected chi connectivity index (χ2v) is 6.36. The van der Waals surface area contributed by atoms with Crippen molar-refractivity contribution in [2.45, 2.75) is 12.5 Å². The summed E-state index contributed by atoms with van der Waals surface area (Å²) in [6.45, 7) is 1.54. The molecule has 8 heteroatoms. The van der Waals surface area contributed by atoms with Crippen LogP contribution in [-0.2, 0) is 4.79 Å². The fraction of sp³-hybridized carbons (Fsp3) is 0.316. The predicted octanol–water partition coefficient (Wildman–Crippen LogP) is 1.01. The number of hydrogen-bond acceptors (Lipinski definition) is 6. The third-order valence-corrected chi connectivity index (χ3v) is 4.51. The highest BCUT2D eigenvalue weighted by Crippen LogP contribution is 2.22. The lowest BCUT2D eigenvalue weighted by atomic mass is 10.1. The molecular weight excluding hydrogens is 344 g/mol. The minimum Gasteiger partial charge on any atom is -0.376 e. The van der Waals surface area contributed by atoms with E-state index in [0.29, 0.717) is 25.3 Å². The van der Waals surface area contributed by atoms with Crippen LogP contribution in [-0.4, -0.2) is 53.5 Å². The number of aromatic nitrogens is 2. The fourth-order valence-electron chi connectivity index (χ4n) is 3.08. The Kier molecular flexibility index (Phi) is 5.87. The van der Waals surface area contributed by atoms with Crippen molar-refractivity contribution < 1.29 is 4.79 Å². The second-order valence-electron chi connectivity index (χ2n) is 6.36. The maximum absolute atomic E-state index is 12.2. The van der Waals surface area contributed by atoms with Crippen molar-refractivity contribution in [2.75, 3.05) is 37.3 Å². The van der Waals surface area contributed by atoms with Crippen molar-refractivity contribution in [3.05, 3.63) is 53.1 Å². The normalized spacial score (nSPS) is 16.7. The minimum atomic E-state index is -0.186. The number of amides is 1. The molecule has 0 bridgehead atoms. The van der Waals surface area contributed by atoms with Crippen LogP contribution in [0.25, 0.3) is 11.1 Å². The van der Waals surface area contributed by atoms with Gasteiger partial charge in [0.2, 0.25) is 5.91 Å². The largest absolute Gasteiger partial charge is 0.376 e. The third-order valence-electron chi connectivity index (χ3n) is 4.51. The van der Waals surface area contributed by atoms with Crippen LogP contribution in [0.2, 0.25) is 0 Å². The monoisotopic (exact) mass is 368 g/mol. The lowest BCUT2D eigenvalue weighted by Crippen LogP contribution is -2.31. The molecule has 1 unspecified atom stereocenters. The first kappa shape index (κ1) is 18.7. The van der Waals surface area contributed by atoms with Crippen LogP contribution in [0.4, 0.5) is 11.5 Å². The van der Waals surface area contributed by atoms with Gasteiger partial charge in [-0.05, 0) is 30.2 Å². The Labute approximate surface area is 157 Å². The number of nitrogens with one attached hydrogen (secondary N) is 3. The van der Waals surface area contributed by atoms with Gasteiger partial charge in [0.1, 0.15) is 11.5 Å². The number of rotatable bonds is 6. The molecule has 3 rings (SSSR count). The number of nitrogens with zero attached hydrogens (tertiary/aromatic N) is 2. The standard InChI is InChI=1S/C19H24N6O2/c1-21-17-10-13(4-7-22-17)14-9-16(19(27)23-11-14)24-15-5-8-25(12-15)18(26)3-2-6-20/h2-4,7,9-11,15,24H,5-6,8,12,20H2,1H3,(H,21,22)(H,23,27)/b3-2+. The van der Waals surface area contributed by atoms with Gasteiger partial charge in [0, 0.05) is 56.8 Å². The summed E-state index contributed by atoms with van der Waals surface area (Å²) in [4.78, 5) is 33.0. The van der Waals surface area contributed by atoms with E-state index in [9.17, 15) is 9.59 Å². The highest BCUT2D eigenvalue weighted by atomic mass is 16.2. The maximum Gasteiger partial charge on any atom is 0.271 e. The van der Waals surface area contributed by atoms with Crippen LogP contribution in [0.15, 0.2) is 47.5 Å². The summed E-state index contributed by atoms with van der Waals surface area (Å²) in [6, 6.07) is 5.66. The molecule has 2 aromatic heterocycles. The molecule has 0 saturated carbocycles. The minimum absolute atomic E-state index is 0.0295. The lowest BCUT2D eigenvalue weighted by molar-refractivity contribution is -0.125. The Balaban J connectivity index is 1.73. The quantitative estimate of drug-likeness (QED) is 0.566. The zero-order valence-electron chi connectivity index (χ0n) is 15.2. The zero-order chi connectivity index (χ0) is 19.2. The molecule has 1 fully saturated rings. The van der Waals surface area contributed by atoms with Crippen molar-refractivity contribution in [1.82, 2.24) is 14.9 Å². The summed E-state index contributed by atoms with van der Waals surface area (Å²) in [7, 11) is 1.81. The molecule has 1 aliphatic rings. The van der Waals surface area contributed by atoms with Crippen molar-refractivity contribution in [1.29, 1.82) is 0 Å². The molecule has 5 N–H and O–H groups in total. The van der Waals surface area contributed by atoms with Gasteiger partial charge >= 0.3 is 0 Å². The van der Waals surface area contributed by atoms with Gasteiger partial charge in [-0.1, -0.05) is 6.08 Å². The molecule has 0 aliphatic carbocycles. The molecule has 1 amide bonds. The molecule has 27 heavy (non-hydrogen) atoms. The molecule has 1 aliphatic heterocycles. The van der Waals surface area contributed by atoms with Crippen LogP contribution < -0.4 is 21.9 Å². The van der Waals surface area contributed by atoms with E-state index >= 15 is 0 Å². The highest BCUT2D eigenvalue weighted by molar-refractivity contribution is 5.87. The number of hydrogen-bond donors (Lipinski definition) is 4. The number of likely N-dealkylation sites (tertiary alicyclic amines) is 1. The molecule has 3 heterocycles. The van der Waals surface area contributed by atoms with Crippen LogP contribution in [0.5, 0.6) is 0 Å². The third kappa shape index (κ3) is 4.53. The Bertz CT molecular complexity index is 892. The summed E-state index contributed by atoms with van der Waals surface area (Å²) >= 11 is 0. The topological polar surface area (TPSA) is 116 Å². The summed E-state index contributed by atoms with van der Waals surface area (Å²) in [5, 5.41) is 6.27. The average molecular weight is 368 g/mol. The number of nitrogens with two attached hydrogens (primary N) is 1. The highest BCUT2D eigenvalue weighted by Gasteiger charge is 2.25. The number of carbonyl (C=O) groups is 1. The second kappa shape index (κ2) is 8.50. The van der Waals surface area contributed by atoms with Crippen molar-refractivity contribution in [2.24, 2.45) is 5.73 Å². The summed E-state index contributed by atoms with van der Waals surface area (Å²) < 4.78 is 0. The van der Waals surface area contributed by atoms with Gasteiger partial charge in [-0.3, -0.25) is 9.59 Å². The Morgan fingerprint density at radius 2 is 2.30 bits per heavy atom. The van der Waals surface area contributed by atoms with Crippen LogP contribution in [0, 0.1) is 0 Å². The van der Waals surface area contributed by atoms with Gasteiger partial charge in [-0.25, -0.2) is 4.98 Å². The first-order valence-electron chi connectivity index (χ1n) is 8.89. The molecule has 0 aromatic carbocycles. The molecule has 0 spiro atoms. The van der Waals surface area contributed by atoms with E-state index in [1.807, 2.05) is 25.2 Å². The van der Waals surface area contributed by atoms with E-state index in [1.165, 1.54) is 6.08 Å². The van der Waals surface area contributed by atoms with Gasteiger partial charge in [0.05, 0.1) is 0 Å². The number of carbonyl (C=O) groups excluding carboxylic acids is 1. The number of H-pyrrole nitrogens is 1. The molecule has 2 aromatic rings. The number of pyridine rings is 2. The smallest absolute Gasteiger partial charge is 0.271 e. The fourth-order valence-corrected chi connectivity index (χ4v) is 3.08. The Morgan fingerprint density at radius 1 is 1.44 bits per heavy atom. The molecule has 1 saturated heterocycles. The van der Waals surface area contributed by atoms with Crippen molar-refractivity contribution in [3.63, 3.8) is 0 Å². The van der Waals surface area contributed by atoms with E-state index in [-0.39, 0.29) is 17.5 Å². The lowest BCUT2D eigenvalue weighted by Gasteiger charge is -2.16. The predicted molar refractivity (Wildman–Crippen MR) is 107 cm³/mol. The van der Waals surface area contributed by atoms with E-state index < -0.39 is 0 Å². The maximum atomic E-state index is 12.2. The van der Waals surface area contributed by atoms with Crippen molar-refractivity contribution >= 4 is 17.4 Å². The van der Waals surface area contributed by atoms with Crippen LogP contribution in [0.1, 0.15) is 6.42 Å². The molecule has 1 atom stereocenters. The van der Waals surface area contributed by atoms with Gasteiger partial charge in [-0.15, -0.1) is 0 Å². The zero-order valence-corrected chi connectivity index (χ0v) is 15.2. The summed E-state index contributed by atoms with van der Waals surface area (Å²) in [5.74, 6) is 0.701. The first-order valence-corrected chi connectivity index (χ1v) is 8.89. The van der Waals surface area contributed by atoms with E-state index in [0.717, 1.165) is 23.4 Å². The molecule has 8 nitrogen and oxygen atoms in total. The van der Waals surface area contributed by atoms with E-state index in [1.54, 1.807) is 23.4 Å². The molecule has 0 radical (unpaired) electrons. The summed E-state index contributed by atoms with van der Waals surface area (Å²) in [5.41, 5.74) is 7.52. The van der Waals surface area contributed by atoms with Gasteiger partial charge < -0.3 is 26.3 Å². The van der Waals surface area contributed by atoms with E-state index in [4.69, 9.17) is 5.73 Å².